The molecule has 4 aliphatic rings. The van der Waals surface area contributed by atoms with Gasteiger partial charge in [0.05, 0.1) is 6.10 Å². The van der Waals surface area contributed by atoms with Crippen LogP contribution in [0.1, 0.15) is 58.8 Å². The van der Waals surface area contributed by atoms with Crippen LogP contribution in [-0.4, -0.2) is 22.8 Å². The number of hydrogen-bond donors (Lipinski definition) is 1. The average Bonchev–Trinajstić information content (AvgIpc) is 2.77. The van der Waals surface area contributed by atoms with E-state index >= 15 is 0 Å². The second-order valence-electron chi connectivity index (χ2n) is 8.60. The summed E-state index contributed by atoms with van der Waals surface area (Å²) >= 11 is 0. The highest BCUT2D eigenvalue weighted by Gasteiger charge is 2.59. The molecule has 0 aromatic rings. The van der Waals surface area contributed by atoms with Crippen molar-refractivity contribution in [3.8, 4) is 0 Å². The van der Waals surface area contributed by atoms with Crippen LogP contribution in [0.15, 0.2) is 11.6 Å². The van der Waals surface area contributed by atoms with Crippen LogP contribution in [0, 0.1) is 28.6 Å². The van der Waals surface area contributed by atoms with Gasteiger partial charge in [0.15, 0.2) is 0 Å². The first-order valence-corrected chi connectivity index (χ1v) is 8.82. The Morgan fingerprint density at radius 2 is 1.86 bits per heavy atom. The number of fused-ring (bicyclic) bond motifs is 5. The molecule has 4 aliphatic carbocycles. The minimum Gasteiger partial charge on any atom is -0.393 e. The summed E-state index contributed by atoms with van der Waals surface area (Å²) in [5.41, 5.74) is 1.19. The number of rotatable bonds is 0. The second-order valence-corrected chi connectivity index (χ2v) is 8.60. The molecule has 0 heterocycles. The van der Waals surface area contributed by atoms with E-state index in [1.165, 1.54) is 5.57 Å². The Morgan fingerprint density at radius 1 is 1.09 bits per heavy atom. The van der Waals surface area contributed by atoms with Crippen molar-refractivity contribution in [2.24, 2.45) is 28.6 Å². The molecule has 0 unspecified atom stereocenters. The van der Waals surface area contributed by atoms with Gasteiger partial charge in [-0.25, -0.2) is 0 Å². The van der Waals surface area contributed by atoms with Crippen molar-refractivity contribution in [3.63, 3.8) is 0 Å². The largest absolute Gasteiger partial charge is 0.393 e. The summed E-state index contributed by atoms with van der Waals surface area (Å²) in [5.74, 6) is 1.22. The predicted molar refractivity (Wildman–Crippen MR) is 83.1 cm³/mol. The van der Waals surface area contributed by atoms with Crippen LogP contribution >= 0.6 is 0 Å². The molecule has 120 valence electrons. The van der Waals surface area contributed by atoms with Crippen LogP contribution in [-0.2, 0) is 9.59 Å². The Balaban J connectivity index is 1.71. The Hall–Kier alpha value is -0.960. The molecule has 3 saturated carbocycles. The lowest BCUT2D eigenvalue weighted by molar-refractivity contribution is -0.138. The van der Waals surface area contributed by atoms with Crippen LogP contribution in [0.5, 0.6) is 0 Å². The SMILES string of the molecule is C[C@]12CC[C@H]3[C@@H](CCC4=CC(=O)C(=O)C[C@@]43C)[C@@H]1CC[C@@H]2O. The van der Waals surface area contributed by atoms with Gasteiger partial charge in [0.1, 0.15) is 0 Å². The number of allylic oxidation sites excluding steroid dienone is 1. The molecule has 4 rings (SSSR count). The molecule has 6 atom stereocenters. The molecule has 3 fully saturated rings. The van der Waals surface area contributed by atoms with Crippen molar-refractivity contribution in [2.45, 2.75) is 64.9 Å². The number of Topliss-reactive ketones (excluding diaryl/α,β-unsaturated/α-hetero) is 1. The van der Waals surface area contributed by atoms with Gasteiger partial charge >= 0.3 is 0 Å². The van der Waals surface area contributed by atoms with E-state index in [0.29, 0.717) is 24.2 Å². The third-order valence-electron chi connectivity index (χ3n) is 7.79. The fraction of sp³-hybridized carbons (Fsp3) is 0.789. The normalized spacial score (nSPS) is 51.0. The lowest BCUT2D eigenvalue weighted by Gasteiger charge is -2.57. The first-order valence-electron chi connectivity index (χ1n) is 8.82. The van der Waals surface area contributed by atoms with Gasteiger partial charge in [-0.15, -0.1) is 0 Å². The number of hydrogen-bond acceptors (Lipinski definition) is 3. The van der Waals surface area contributed by atoms with Crippen molar-refractivity contribution >= 4 is 11.6 Å². The third-order valence-corrected chi connectivity index (χ3v) is 7.79. The van der Waals surface area contributed by atoms with E-state index in [4.69, 9.17) is 0 Å². The molecule has 0 aliphatic heterocycles. The summed E-state index contributed by atoms with van der Waals surface area (Å²) in [4.78, 5) is 23.8. The summed E-state index contributed by atoms with van der Waals surface area (Å²) in [5, 5.41) is 10.4. The maximum absolute atomic E-state index is 12.0. The quantitative estimate of drug-likeness (QED) is 0.700. The van der Waals surface area contributed by atoms with Gasteiger partial charge in [-0.05, 0) is 73.2 Å². The first-order chi connectivity index (χ1) is 10.4. The van der Waals surface area contributed by atoms with Gasteiger partial charge in [-0.3, -0.25) is 9.59 Å². The number of aliphatic hydroxyl groups excluding tert-OH is 1. The minimum atomic E-state index is -0.289. The third kappa shape index (κ3) is 1.72. The molecule has 0 spiro atoms. The van der Waals surface area contributed by atoms with Gasteiger partial charge in [0, 0.05) is 6.42 Å². The first kappa shape index (κ1) is 14.6. The minimum absolute atomic E-state index is 0.0766. The van der Waals surface area contributed by atoms with Crippen LogP contribution in [0.3, 0.4) is 0 Å². The Morgan fingerprint density at radius 3 is 2.64 bits per heavy atom. The molecule has 0 radical (unpaired) electrons. The van der Waals surface area contributed by atoms with E-state index in [9.17, 15) is 14.7 Å². The smallest absolute Gasteiger partial charge is 0.221 e. The highest BCUT2D eigenvalue weighted by molar-refractivity contribution is 6.42. The Kier molecular flexibility index (Phi) is 3.01. The molecule has 3 heteroatoms. The van der Waals surface area contributed by atoms with Crippen molar-refractivity contribution in [1.82, 2.24) is 0 Å². The molecule has 0 amide bonds. The van der Waals surface area contributed by atoms with Gasteiger partial charge in [-0.1, -0.05) is 19.4 Å². The van der Waals surface area contributed by atoms with Crippen LogP contribution < -0.4 is 0 Å². The van der Waals surface area contributed by atoms with Crippen molar-refractivity contribution < 1.29 is 14.7 Å². The topological polar surface area (TPSA) is 54.4 Å². The van der Waals surface area contributed by atoms with Gasteiger partial charge in [-0.2, -0.15) is 0 Å². The van der Waals surface area contributed by atoms with Crippen molar-refractivity contribution in [2.75, 3.05) is 0 Å². The van der Waals surface area contributed by atoms with Crippen molar-refractivity contribution in [3.05, 3.63) is 11.6 Å². The molecule has 1 N–H and O–H groups in total. The number of carbonyl (C=O) groups is 2. The summed E-state index contributed by atoms with van der Waals surface area (Å²) < 4.78 is 0. The molecule has 0 saturated heterocycles. The summed E-state index contributed by atoms with van der Waals surface area (Å²) in [6.07, 6.45) is 8.19. The predicted octanol–water partition coefficient (Wildman–Crippen LogP) is 3.06. The van der Waals surface area contributed by atoms with Crippen LogP contribution in [0.2, 0.25) is 0 Å². The molecule has 0 aromatic carbocycles. The lowest BCUT2D eigenvalue weighted by atomic mass is 9.47. The molecular formula is C19H26O3. The van der Waals surface area contributed by atoms with Crippen molar-refractivity contribution in [1.29, 1.82) is 0 Å². The highest BCUT2D eigenvalue weighted by Crippen LogP contribution is 2.64. The Labute approximate surface area is 132 Å². The van der Waals surface area contributed by atoms with Gasteiger partial charge in [0.2, 0.25) is 11.6 Å². The standard InChI is InChI=1S/C19H26O3/c1-18-8-7-14-12(13(18)5-6-17(18)22)4-3-11-9-15(20)16(21)10-19(11,14)2/h9,12-14,17,22H,3-8,10H2,1-2H3/t12-,13-,14-,17-,18-,19-/m0/s1. The zero-order valence-corrected chi connectivity index (χ0v) is 13.6. The summed E-state index contributed by atoms with van der Waals surface area (Å²) in [6, 6.07) is 0. The van der Waals surface area contributed by atoms with Crippen LogP contribution in [0.4, 0.5) is 0 Å². The lowest BCUT2D eigenvalue weighted by Crippen LogP contribution is -2.52. The Bertz CT molecular complexity index is 577. The van der Waals surface area contributed by atoms with Gasteiger partial charge < -0.3 is 5.11 Å². The monoisotopic (exact) mass is 302 g/mol. The zero-order chi connectivity index (χ0) is 15.7. The van der Waals surface area contributed by atoms with E-state index in [2.05, 4.69) is 13.8 Å². The molecule has 0 bridgehead atoms. The van der Waals surface area contributed by atoms with E-state index in [-0.39, 0.29) is 28.5 Å². The zero-order valence-electron chi connectivity index (χ0n) is 13.6. The maximum Gasteiger partial charge on any atom is 0.221 e. The maximum atomic E-state index is 12.0. The fourth-order valence-electron chi connectivity index (χ4n) is 6.44. The van der Waals surface area contributed by atoms with E-state index < -0.39 is 0 Å². The highest BCUT2D eigenvalue weighted by atomic mass is 16.3. The summed E-state index contributed by atoms with van der Waals surface area (Å²) in [7, 11) is 0. The second kappa shape index (κ2) is 4.53. The molecular weight excluding hydrogens is 276 g/mol. The molecule has 3 nitrogen and oxygen atoms in total. The van der Waals surface area contributed by atoms with E-state index in [0.717, 1.165) is 38.5 Å². The molecule has 0 aromatic heterocycles. The van der Waals surface area contributed by atoms with E-state index in [1.807, 2.05) is 0 Å². The number of aliphatic hydroxyl groups is 1. The molecule has 22 heavy (non-hydrogen) atoms. The van der Waals surface area contributed by atoms with Crippen LogP contribution in [0.25, 0.3) is 0 Å². The number of ketones is 2. The number of carbonyl (C=O) groups excluding carboxylic acids is 2. The van der Waals surface area contributed by atoms with Gasteiger partial charge in [0.25, 0.3) is 0 Å². The summed E-state index contributed by atoms with van der Waals surface area (Å²) in [6.45, 7) is 4.49. The average molecular weight is 302 g/mol. The fourth-order valence-corrected chi connectivity index (χ4v) is 6.44. The van der Waals surface area contributed by atoms with E-state index in [1.54, 1.807) is 6.08 Å².